The van der Waals surface area contributed by atoms with Gasteiger partial charge in [-0.2, -0.15) is 15.3 Å². The molecule has 0 aromatic carbocycles. The van der Waals surface area contributed by atoms with Gasteiger partial charge in [0.05, 0.1) is 0 Å². The van der Waals surface area contributed by atoms with E-state index >= 15 is 0 Å². The van der Waals surface area contributed by atoms with Gasteiger partial charge in [0.25, 0.3) is 0 Å². The topological polar surface area (TPSA) is 54.4 Å². The molecule has 0 aliphatic carbocycles. The van der Waals surface area contributed by atoms with E-state index in [1.807, 2.05) is 0 Å². The van der Waals surface area contributed by atoms with Crippen molar-refractivity contribution >= 4 is 20.0 Å². The van der Waals surface area contributed by atoms with E-state index in [1.165, 1.54) is 0 Å². The quantitative estimate of drug-likeness (QED) is 0.237. The molecule has 0 aromatic rings. The summed E-state index contributed by atoms with van der Waals surface area (Å²) in [5.41, 5.74) is 0. The van der Waals surface area contributed by atoms with Crippen molar-refractivity contribution < 1.29 is 13.0 Å². The monoisotopic (exact) mass is 726 g/mol. The van der Waals surface area contributed by atoms with Crippen LogP contribution in [-0.4, -0.2) is 13.0 Å². The Bertz CT molecular complexity index is 108. The van der Waals surface area contributed by atoms with Crippen molar-refractivity contribution in [2.75, 3.05) is 0 Å². The third-order valence-electron chi connectivity index (χ3n) is 0. The van der Waals surface area contributed by atoms with E-state index in [4.69, 9.17) is 13.0 Å². The van der Waals surface area contributed by atoms with Crippen LogP contribution in [0.4, 0.5) is 0 Å². The number of halogens is 1. The normalized spacial score (nSPS) is 5.33. The Labute approximate surface area is 69.7 Å². The largest absolute Gasteiger partial charge is 0.358 e. The molecule has 0 bridgehead atoms. The Hall–Kier alpha value is -1.80. The van der Waals surface area contributed by atoms with Gasteiger partial charge in [0.2, 0.25) is 0 Å². The van der Waals surface area contributed by atoms with Gasteiger partial charge in [-0.05, 0) is 0 Å². The van der Waals surface area contributed by atoms with Gasteiger partial charge in [-0.15, -0.1) is 0 Å². The second-order valence-electron chi connectivity index (χ2n) is 0.412. The fourth-order valence-electron chi connectivity index (χ4n) is 0. The molecule has 3 nitrogen and oxygen atoms in total. The van der Waals surface area contributed by atoms with Crippen LogP contribution >= 0.6 is 10.7 Å². The van der Waals surface area contributed by atoms with Crippen molar-refractivity contribution in [2.45, 2.75) is 6.92 Å². The Morgan fingerprint density at radius 2 is 1.08 bits per heavy atom. The predicted molar refractivity (Wildman–Crippen MR) is 47.7 cm³/mol. The molecule has 0 saturated heterocycles. The molecule has 0 amide bonds. The maximum atomic E-state index is 8.95. The molecule has 0 unspecified atom stereocenters. The molecule has 0 aromatic heterocycles. The second kappa shape index (κ2) is 35.1. The van der Waals surface area contributed by atoms with E-state index in [-0.39, 0.29) is 22.3 Å². The Morgan fingerprint density at radius 3 is 1.08 bits per heavy atom. The van der Waals surface area contributed by atoms with Crippen molar-refractivity contribution in [2.24, 2.45) is 0 Å². The van der Waals surface area contributed by atoms with Crippen LogP contribution in [0.25, 0.3) is 0 Å². The van der Waals surface area contributed by atoms with Crippen LogP contribution in [0.5, 0.6) is 0 Å². The maximum Gasteiger partial charge on any atom is 0.353 e. The summed E-state index contributed by atoms with van der Waals surface area (Å²) in [6.45, 7) is 5.00. The summed E-state index contributed by atoms with van der Waals surface area (Å²) in [5, 5.41) is 0. The van der Waals surface area contributed by atoms with E-state index in [0.29, 0.717) is 0 Å². The molecule has 1 N–H and O–H groups in total. The zero-order valence-electron chi connectivity index (χ0n) is 8.17. The summed E-state index contributed by atoms with van der Waals surface area (Å²) in [6.07, 6.45) is 0. The summed E-state index contributed by atoms with van der Waals surface area (Å²) in [7, 11) is -0.137. The Kier molecular flexibility index (Phi) is 246. The van der Waals surface area contributed by atoms with E-state index in [0.717, 1.165) is 0 Å². The minimum Gasteiger partial charge on any atom is -0.358 e. The molecule has 0 atom stereocenters. The van der Waals surface area contributed by atoms with Gasteiger partial charge in [0, 0.05) is 10.7 Å². The predicted octanol–water partition coefficient (Wildman–Crippen LogP) is 2.22. The van der Waals surface area contributed by atoms with E-state index < -0.39 is 9.33 Å². The maximum absolute atomic E-state index is 8.95. The molecule has 0 heterocycles. The van der Waals surface area contributed by atoms with Gasteiger partial charge in [0.15, 0.2) is 0 Å². The summed E-state index contributed by atoms with van der Waals surface area (Å²) in [6, 6.07) is 0. The number of hydrogen-bond acceptors (Lipinski definition) is 2. The zero-order valence-corrected chi connectivity index (χ0v) is 22.6. The SMILES string of the molecule is O=S(=O)(O)Cl.[CH2-]C.[CH3-].[CH3-].[CH3-].[Db].[Db]. The first-order chi connectivity index (χ1) is 3.00. The molecule has 0 aliphatic rings. The molecule has 0 rings (SSSR count). The van der Waals surface area contributed by atoms with Gasteiger partial charge in [0.1, 0.15) is 0 Å². The van der Waals surface area contributed by atoms with E-state index in [2.05, 4.69) is 17.6 Å². The molecule has 74 valence electrons. The van der Waals surface area contributed by atoms with Crippen molar-refractivity contribution in [1.29, 1.82) is 0 Å². The minimum atomic E-state index is -4.19. The molecule has 7 heteroatoms. The van der Waals surface area contributed by atoms with Crippen molar-refractivity contribution in [3.05, 3.63) is 29.2 Å². The summed E-state index contributed by atoms with van der Waals surface area (Å²) >= 11 is 0. The fraction of sp³-hybridized carbons (Fsp3) is 0.200. The molecule has 12 heavy (non-hydrogen) atoms. The van der Waals surface area contributed by atoms with Gasteiger partial charge in [-0.1, -0.05) is 0 Å². The molecule has 0 saturated carbocycles. The fourth-order valence-corrected chi connectivity index (χ4v) is 0. The molecule has 0 spiro atoms. The van der Waals surface area contributed by atoms with Gasteiger partial charge in [-0.25, -0.2) is 0 Å². The van der Waals surface area contributed by atoms with E-state index in [9.17, 15) is 0 Å². The van der Waals surface area contributed by atoms with E-state index in [1.54, 1.807) is 6.92 Å². The van der Waals surface area contributed by atoms with Crippen molar-refractivity contribution in [3.8, 4) is 0 Å². The molecular formula is C5H15ClDb2O3S-4. The smallest absolute Gasteiger partial charge is 0.353 e. The third-order valence-corrected chi connectivity index (χ3v) is 0. The van der Waals surface area contributed by atoms with Gasteiger partial charge < -0.3 is 29.2 Å². The Morgan fingerprint density at radius 1 is 1.08 bits per heavy atom. The van der Waals surface area contributed by atoms with Gasteiger partial charge >= 0.3 is 9.33 Å². The van der Waals surface area contributed by atoms with Crippen LogP contribution in [0.2, 0.25) is 0 Å². The summed E-state index contributed by atoms with van der Waals surface area (Å²) in [5.74, 6) is 0. The average molecular weight is 727 g/mol. The number of hydrogen-bond donors (Lipinski definition) is 1. The molecule has 0 radical (unpaired) electrons. The van der Waals surface area contributed by atoms with Crippen LogP contribution in [0.15, 0.2) is 0 Å². The summed E-state index contributed by atoms with van der Waals surface area (Å²) < 4.78 is 25.2. The van der Waals surface area contributed by atoms with Gasteiger partial charge in [-0.3, -0.25) is 4.55 Å². The molecule has 0 aliphatic heterocycles. The third kappa shape index (κ3) is 131. The molecule has 0 fully saturated rings. The van der Waals surface area contributed by atoms with Crippen molar-refractivity contribution in [1.82, 2.24) is 0 Å². The van der Waals surface area contributed by atoms with Crippen LogP contribution in [0.3, 0.4) is 0 Å². The first-order valence-corrected chi connectivity index (χ1v) is 3.64. The minimum absolute atomic E-state index is 0. The van der Waals surface area contributed by atoms with Crippen molar-refractivity contribution in [3.63, 3.8) is 0 Å². The van der Waals surface area contributed by atoms with Crippen LogP contribution in [0, 0.1) is 29.2 Å². The van der Waals surface area contributed by atoms with Crippen LogP contribution < -0.4 is 0 Å². The molecular weight excluding hydrogens is 712 g/mol. The standard InChI is InChI=1S/C2H5.3CH3.ClHO3S.2Db/c1-2;;;;1-5(2,3)4;;/h1H2,2H3;3*1H3;(H,2,3,4);;/q4*-1;;;. The van der Waals surface area contributed by atoms with Crippen LogP contribution in [0.1, 0.15) is 6.92 Å². The number of rotatable bonds is 0. The van der Waals surface area contributed by atoms with Crippen LogP contribution in [-0.2, 0) is 9.33 Å². The Balaban J connectivity index is -0.00000000671. The second-order valence-corrected chi connectivity index (χ2v) is 2.41. The first-order valence-electron chi connectivity index (χ1n) is 1.38. The first kappa shape index (κ1) is 84.3. The summed E-state index contributed by atoms with van der Waals surface area (Å²) in [4.78, 5) is 0. The zero-order chi connectivity index (χ0) is 6.50. The average Bonchev–Trinajstić information content (AvgIpc) is 1.36.